The molecule has 0 amide bonds. The predicted octanol–water partition coefficient (Wildman–Crippen LogP) is 2.63. The Morgan fingerprint density at radius 1 is 1.13 bits per heavy atom. The van der Waals surface area contributed by atoms with Gasteiger partial charge in [0.25, 0.3) is 0 Å². The molecule has 79 valence electrons. The molecule has 2 rings (SSSR count). The van der Waals surface area contributed by atoms with Crippen LogP contribution in [0.3, 0.4) is 0 Å². The van der Waals surface area contributed by atoms with E-state index in [0.717, 1.165) is 11.4 Å². The lowest BCUT2D eigenvalue weighted by atomic mass is 10.2. The van der Waals surface area contributed by atoms with Gasteiger partial charge in [-0.15, -0.1) is 0 Å². The lowest BCUT2D eigenvalue weighted by Crippen LogP contribution is -2.40. The van der Waals surface area contributed by atoms with E-state index in [1.54, 1.807) is 30.3 Å². The third kappa shape index (κ3) is 1.95. The maximum Gasteiger partial charge on any atom is 0.411 e. The van der Waals surface area contributed by atoms with Crippen LogP contribution in [0.2, 0.25) is 0 Å². The zero-order chi connectivity index (χ0) is 10.9. The number of hydrogen-bond donors (Lipinski definition) is 0. The Bertz CT molecular complexity index is 359. The van der Waals surface area contributed by atoms with Crippen molar-refractivity contribution in [1.29, 1.82) is 0 Å². The number of para-hydroxylation sites is 1. The van der Waals surface area contributed by atoms with Crippen LogP contribution in [0, 0.1) is 6.42 Å². The van der Waals surface area contributed by atoms with Crippen LogP contribution in [0.25, 0.3) is 0 Å². The molecule has 1 heterocycles. The summed E-state index contributed by atoms with van der Waals surface area (Å²) in [6.07, 6.45) is -2.09. The molecule has 1 aliphatic heterocycles. The zero-order valence-corrected chi connectivity index (χ0v) is 7.65. The van der Waals surface area contributed by atoms with Crippen LogP contribution in [-0.4, -0.2) is 18.4 Å². The average Bonchev–Trinajstić information content (AvgIpc) is 2.67. The highest BCUT2D eigenvalue weighted by molar-refractivity contribution is 5.76. The average molecular weight is 213 g/mol. The van der Waals surface area contributed by atoms with Crippen molar-refractivity contribution in [3.8, 4) is 0 Å². The normalized spacial score (nSPS) is 21.0. The molecule has 1 aliphatic rings. The Labute approximate surface area is 85.0 Å². The van der Waals surface area contributed by atoms with E-state index in [-0.39, 0.29) is 0 Å². The van der Waals surface area contributed by atoms with Gasteiger partial charge in [-0.3, -0.25) is 5.01 Å². The SMILES string of the molecule is FC(F)(F)C1[CH]C=NN1c1ccccc1. The molecule has 5 heteroatoms. The van der Waals surface area contributed by atoms with E-state index in [0.29, 0.717) is 5.69 Å². The Balaban J connectivity index is 2.26. The van der Waals surface area contributed by atoms with Crippen molar-refractivity contribution in [2.24, 2.45) is 5.10 Å². The van der Waals surface area contributed by atoms with Crippen molar-refractivity contribution in [2.45, 2.75) is 12.2 Å². The molecule has 1 aromatic carbocycles. The highest BCUT2D eigenvalue weighted by Gasteiger charge is 2.45. The summed E-state index contributed by atoms with van der Waals surface area (Å²) >= 11 is 0. The van der Waals surface area contributed by atoms with Gasteiger partial charge in [-0.25, -0.2) is 0 Å². The standard InChI is InChI=1S/C10H8F3N2/c11-10(12,13)9-6-7-14-15(9)8-4-2-1-3-5-8/h1-7,9H. The third-order valence-corrected chi connectivity index (χ3v) is 2.08. The van der Waals surface area contributed by atoms with Gasteiger partial charge in [-0.1, -0.05) is 18.2 Å². The number of alkyl halides is 3. The van der Waals surface area contributed by atoms with Crippen molar-refractivity contribution < 1.29 is 13.2 Å². The molecule has 1 atom stereocenters. The van der Waals surface area contributed by atoms with Gasteiger partial charge >= 0.3 is 6.18 Å². The Kier molecular flexibility index (Phi) is 2.38. The minimum absolute atomic E-state index is 0.435. The fraction of sp³-hybridized carbons (Fsp3) is 0.200. The van der Waals surface area contributed by atoms with Gasteiger partial charge in [0.1, 0.15) is 0 Å². The number of halogens is 3. The van der Waals surface area contributed by atoms with E-state index in [9.17, 15) is 13.2 Å². The van der Waals surface area contributed by atoms with E-state index in [1.165, 1.54) is 6.21 Å². The summed E-state index contributed by atoms with van der Waals surface area (Å²) in [4.78, 5) is 0. The van der Waals surface area contributed by atoms with E-state index in [4.69, 9.17) is 0 Å². The second kappa shape index (κ2) is 3.56. The minimum atomic E-state index is -4.30. The summed E-state index contributed by atoms with van der Waals surface area (Å²) in [5.74, 6) is 0. The number of hydrogen-bond acceptors (Lipinski definition) is 2. The lowest BCUT2D eigenvalue weighted by molar-refractivity contribution is -0.139. The molecule has 0 saturated heterocycles. The van der Waals surface area contributed by atoms with Crippen LogP contribution in [0.5, 0.6) is 0 Å². The van der Waals surface area contributed by atoms with Crippen LogP contribution in [0.15, 0.2) is 35.4 Å². The van der Waals surface area contributed by atoms with Gasteiger partial charge in [0.05, 0.1) is 5.69 Å². The van der Waals surface area contributed by atoms with Gasteiger partial charge in [-0.2, -0.15) is 18.3 Å². The molecule has 1 radical (unpaired) electrons. The molecule has 0 spiro atoms. The Morgan fingerprint density at radius 2 is 1.80 bits per heavy atom. The molecule has 0 bridgehead atoms. The Hall–Kier alpha value is -1.52. The molecule has 1 unspecified atom stereocenters. The highest BCUT2D eigenvalue weighted by Crippen LogP contribution is 2.32. The first-order chi connectivity index (χ1) is 7.09. The van der Waals surface area contributed by atoms with Gasteiger partial charge in [0.2, 0.25) is 0 Å². The molecular weight excluding hydrogens is 205 g/mol. The summed E-state index contributed by atoms with van der Waals surface area (Å²) in [6, 6.07) is 6.63. The number of rotatable bonds is 1. The largest absolute Gasteiger partial charge is 0.411 e. The van der Waals surface area contributed by atoms with E-state index in [2.05, 4.69) is 5.10 Å². The highest BCUT2D eigenvalue weighted by atomic mass is 19.4. The minimum Gasteiger partial charge on any atom is -0.253 e. The summed E-state index contributed by atoms with van der Waals surface area (Å²) in [7, 11) is 0. The van der Waals surface area contributed by atoms with Crippen LogP contribution in [-0.2, 0) is 0 Å². The van der Waals surface area contributed by atoms with Crippen LogP contribution in [0.1, 0.15) is 0 Å². The number of anilines is 1. The van der Waals surface area contributed by atoms with E-state index in [1.807, 2.05) is 0 Å². The van der Waals surface area contributed by atoms with Crippen molar-refractivity contribution >= 4 is 11.9 Å². The monoisotopic (exact) mass is 213 g/mol. The van der Waals surface area contributed by atoms with Crippen LogP contribution in [0.4, 0.5) is 18.9 Å². The lowest BCUT2D eigenvalue weighted by Gasteiger charge is -2.25. The first-order valence-electron chi connectivity index (χ1n) is 4.37. The summed E-state index contributed by atoms with van der Waals surface area (Å²) in [6.45, 7) is 0. The molecule has 0 saturated carbocycles. The fourth-order valence-electron chi connectivity index (χ4n) is 1.40. The summed E-state index contributed by atoms with van der Waals surface area (Å²) in [5, 5.41) is 4.64. The van der Waals surface area contributed by atoms with Gasteiger partial charge in [0, 0.05) is 12.6 Å². The maximum absolute atomic E-state index is 12.5. The van der Waals surface area contributed by atoms with Gasteiger partial charge < -0.3 is 0 Å². The van der Waals surface area contributed by atoms with Gasteiger partial charge in [0.15, 0.2) is 6.04 Å². The number of nitrogens with zero attached hydrogens (tertiary/aromatic N) is 2. The molecule has 1 aromatic rings. The van der Waals surface area contributed by atoms with Crippen LogP contribution < -0.4 is 5.01 Å². The second-order valence-electron chi connectivity index (χ2n) is 3.12. The molecular formula is C10H8F3N2. The zero-order valence-electron chi connectivity index (χ0n) is 7.65. The fourth-order valence-corrected chi connectivity index (χ4v) is 1.40. The number of hydrazone groups is 1. The molecule has 2 nitrogen and oxygen atoms in total. The smallest absolute Gasteiger partial charge is 0.253 e. The third-order valence-electron chi connectivity index (χ3n) is 2.08. The molecule has 15 heavy (non-hydrogen) atoms. The quantitative estimate of drug-likeness (QED) is 0.700. The van der Waals surface area contributed by atoms with Crippen LogP contribution >= 0.6 is 0 Å². The molecule has 0 aliphatic carbocycles. The van der Waals surface area contributed by atoms with Crippen molar-refractivity contribution in [3.05, 3.63) is 36.8 Å². The molecule has 0 N–H and O–H groups in total. The van der Waals surface area contributed by atoms with E-state index < -0.39 is 12.2 Å². The number of benzene rings is 1. The van der Waals surface area contributed by atoms with Gasteiger partial charge in [-0.05, 0) is 12.1 Å². The summed E-state index contributed by atoms with van der Waals surface area (Å²) < 4.78 is 37.6. The summed E-state index contributed by atoms with van der Waals surface area (Å²) in [5.41, 5.74) is 0.435. The maximum atomic E-state index is 12.5. The second-order valence-corrected chi connectivity index (χ2v) is 3.12. The first-order valence-corrected chi connectivity index (χ1v) is 4.37. The predicted molar refractivity (Wildman–Crippen MR) is 51.6 cm³/mol. The molecule has 0 fully saturated rings. The topological polar surface area (TPSA) is 15.6 Å². The first kappa shape index (κ1) is 10.0. The Morgan fingerprint density at radius 3 is 2.40 bits per heavy atom. The van der Waals surface area contributed by atoms with Crippen molar-refractivity contribution in [3.63, 3.8) is 0 Å². The van der Waals surface area contributed by atoms with Crippen molar-refractivity contribution in [2.75, 3.05) is 5.01 Å². The van der Waals surface area contributed by atoms with Crippen molar-refractivity contribution in [1.82, 2.24) is 0 Å². The van der Waals surface area contributed by atoms with E-state index >= 15 is 0 Å². The molecule has 0 aromatic heterocycles.